The van der Waals surface area contributed by atoms with Crippen molar-refractivity contribution < 1.29 is 13.9 Å². The monoisotopic (exact) mass is 295 g/mol. The molecular weight excluding hydrogens is 281 g/mol. The highest BCUT2D eigenvalue weighted by Gasteiger charge is 2.05. The highest BCUT2D eigenvalue weighted by Crippen LogP contribution is 2.24. The fourth-order valence-corrected chi connectivity index (χ4v) is 1.96. The standard InChI is InChI=1S/C15H15ClFNO2/c1-19-12-5-10(6-13(8-12)20-2)9-18-15-4-3-11(16)7-14(15)17/h3-8,18H,9H2,1-2H3. The van der Waals surface area contributed by atoms with Crippen LogP contribution in [0, 0.1) is 5.82 Å². The summed E-state index contributed by atoms with van der Waals surface area (Å²) in [6.07, 6.45) is 0. The van der Waals surface area contributed by atoms with Crippen LogP contribution in [0.25, 0.3) is 0 Å². The number of benzene rings is 2. The second-order valence-electron chi connectivity index (χ2n) is 4.20. The Balaban J connectivity index is 2.13. The molecule has 0 heterocycles. The van der Waals surface area contributed by atoms with E-state index in [1.807, 2.05) is 12.1 Å². The number of hydrogen-bond donors (Lipinski definition) is 1. The Kier molecular flexibility index (Phi) is 4.69. The summed E-state index contributed by atoms with van der Waals surface area (Å²) in [4.78, 5) is 0. The maximum atomic E-state index is 13.6. The first kappa shape index (κ1) is 14.5. The summed E-state index contributed by atoms with van der Waals surface area (Å²) < 4.78 is 24.0. The fourth-order valence-electron chi connectivity index (χ4n) is 1.80. The Hall–Kier alpha value is -1.94. The van der Waals surface area contributed by atoms with Gasteiger partial charge in [0.2, 0.25) is 0 Å². The number of nitrogens with one attached hydrogen (secondary N) is 1. The fraction of sp³-hybridized carbons (Fsp3) is 0.200. The summed E-state index contributed by atoms with van der Waals surface area (Å²) >= 11 is 5.71. The zero-order valence-corrected chi connectivity index (χ0v) is 12.0. The third-order valence-corrected chi connectivity index (χ3v) is 3.06. The summed E-state index contributed by atoms with van der Waals surface area (Å²) in [7, 11) is 3.18. The van der Waals surface area contributed by atoms with Gasteiger partial charge in [0.05, 0.1) is 19.9 Å². The van der Waals surface area contributed by atoms with Crippen LogP contribution in [0.15, 0.2) is 36.4 Å². The van der Waals surface area contributed by atoms with Gasteiger partial charge in [-0.1, -0.05) is 11.6 Å². The number of ether oxygens (including phenoxy) is 2. The average Bonchev–Trinajstić information content (AvgIpc) is 2.46. The Morgan fingerprint density at radius 3 is 2.25 bits per heavy atom. The Morgan fingerprint density at radius 1 is 1.05 bits per heavy atom. The Labute approximate surface area is 122 Å². The predicted molar refractivity (Wildman–Crippen MR) is 78.3 cm³/mol. The molecule has 0 unspecified atom stereocenters. The van der Waals surface area contributed by atoms with Crippen molar-refractivity contribution in [1.82, 2.24) is 0 Å². The van der Waals surface area contributed by atoms with Crippen LogP contribution < -0.4 is 14.8 Å². The number of hydrogen-bond acceptors (Lipinski definition) is 3. The van der Waals surface area contributed by atoms with Crippen molar-refractivity contribution in [2.45, 2.75) is 6.54 Å². The lowest BCUT2D eigenvalue weighted by atomic mass is 10.2. The first-order valence-electron chi connectivity index (χ1n) is 6.03. The molecule has 0 saturated heterocycles. The molecule has 0 atom stereocenters. The highest BCUT2D eigenvalue weighted by atomic mass is 35.5. The van der Waals surface area contributed by atoms with Crippen molar-refractivity contribution in [1.29, 1.82) is 0 Å². The molecule has 0 fully saturated rings. The smallest absolute Gasteiger partial charge is 0.147 e. The van der Waals surface area contributed by atoms with E-state index in [0.29, 0.717) is 28.8 Å². The van der Waals surface area contributed by atoms with Gasteiger partial charge in [0.25, 0.3) is 0 Å². The molecule has 0 aliphatic carbocycles. The van der Waals surface area contributed by atoms with E-state index in [1.54, 1.807) is 32.4 Å². The third kappa shape index (κ3) is 3.54. The normalized spacial score (nSPS) is 10.2. The minimum absolute atomic E-state index is 0.371. The van der Waals surface area contributed by atoms with Crippen LogP contribution in [-0.2, 0) is 6.54 Å². The zero-order valence-electron chi connectivity index (χ0n) is 11.2. The average molecular weight is 296 g/mol. The predicted octanol–water partition coefficient (Wildman–Crippen LogP) is 4.11. The van der Waals surface area contributed by atoms with Crippen LogP contribution in [0.2, 0.25) is 5.02 Å². The van der Waals surface area contributed by atoms with Crippen molar-refractivity contribution in [2.75, 3.05) is 19.5 Å². The summed E-state index contributed by atoms with van der Waals surface area (Å²) in [5.74, 6) is 1.00. The summed E-state index contributed by atoms with van der Waals surface area (Å²) in [5.41, 5.74) is 1.33. The van der Waals surface area contributed by atoms with Gasteiger partial charge in [-0.3, -0.25) is 0 Å². The van der Waals surface area contributed by atoms with E-state index in [4.69, 9.17) is 21.1 Å². The SMILES string of the molecule is COc1cc(CNc2ccc(Cl)cc2F)cc(OC)c1. The van der Waals surface area contributed by atoms with Gasteiger partial charge in [-0.15, -0.1) is 0 Å². The van der Waals surface area contributed by atoms with Crippen LogP contribution in [0.3, 0.4) is 0 Å². The largest absolute Gasteiger partial charge is 0.497 e. The molecule has 3 nitrogen and oxygen atoms in total. The molecule has 0 aliphatic heterocycles. The van der Waals surface area contributed by atoms with Gasteiger partial charge in [0.15, 0.2) is 0 Å². The minimum atomic E-state index is -0.382. The van der Waals surface area contributed by atoms with Gasteiger partial charge >= 0.3 is 0 Å². The van der Waals surface area contributed by atoms with Crippen molar-refractivity contribution in [2.24, 2.45) is 0 Å². The lowest BCUT2D eigenvalue weighted by Gasteiger charge is -2.11. The summed E-state index contributed by atoms with van der Waals surface area (Å²) in [6.45, 7) is 0.451. The van der Waals surface area contributed by atoms with Gasteiger partial charge in [-0.25, -0.2) is 4.39 Å². The number of rotatable bonds is 5. The van der Waals surface area contributed by atoms with Crippen molar-refractivity contribution in [3.05, 3.63) is 52.8 Å². The summed E-state index contributed by atoms with van der Waals surface area (Å²) in [6, 6.07) is 10.0. The third-order valence-electron chi connectivity index (χ3n) is 2.83. The van der Waals surface area contributed by atoms with Crippen molar-refractivity contribution in [3.63, 3.8) is 0 Å². The van der Waals surface area contributed by atoms with Gasteiger partial charge in [-0.2, -0.15) is 0 Å². The molecule has 1 N–H and O–H groups in total. The topological polar surface area (TPSA) is 30.5 Å². The zero-order chi connectivity index (χ0) is 14.5. The van der Waals surface area contributed by atoms with E-state index in [2.05, 4.69) is 5.32 Å². The molecule has 0 amide bonds. The van der Waals surface area contributed by atoms with Crippen LogP contribution >= 0.6 is 11.6 Å². The van der Waals surface area contributed by atoms with Crippen molar-refractivity contribution >= 4 is 17.3 Å². The Morgan fingerprint density at radius 2 is 1.70 bits per heavy atom. The highest BCUT2D eigenvalue weighted by molar-refractivity contribution is 6.30. The van der Waals surface area contributed by atoms with E-state index in [-0.39, 0.29) is 5.82 Å². The van der Waals surface area contributed by atoms with Gasteiger partial charge in [0, 0.05) is 17.6 Å². The quantitative estimate of drug-likeness (QED) is 0.900. The maximum absolute atomic E-state index is 13.6. The molecule has 2 aromatic carbocycles. The van der Waals surface area contributed by atoms with E-state index in [9.17, 15) is 4.39 Å². The maximum Gasteiger partial charge on any atom is 0.147 e. The van der Waals surface area contributed by atoms with Gasteiger partial charge in [0.1, 0.15) is 17.3 Å². The molecule has 0 aliphatic rings. The van der Waals surface area contributed by atoms with Crippen LogP contribution in [0.1, 0.15) is 5.56 Å². The molecule has 0 radical (unpaired) electrons. The Bertz CT molecular complexity index is 582. The van der Waals surface area contributed by atoms with E-state index in [0.717, 1.165) is 5.56 Å². The number of methoxy groups -OCH3 is 2. The molecule has 0 spiro atoms. The lowest BCUT2D eigenvalue weighted by molar-refractivity contribution is 0.393. The molecule has 5 heteroatoms. The second kappa shape index (κ2) is 6.48. The van der Waals surface area contributed by atoms with Gasteiger partial charge in [-0.05, 0) is 35.9 Å². The van der Waals surface area contributed by atoms with Crippen LogP contribution in [0.5, 0.6) is 11.5 Å². The molecular formula is C15H15ClFNO2. The first-order chi connectivity index (χ1) is 9.62. The van der Waals surface area contributed by atoms with E-state index < -0.39 is 0 Å². The molecule has 106 valence electrons. The van der Waals surface area contributed by atoms with Crippen LogP contribution in [-0.4, -0.2) is 14.2 Å². The van der Waals surface area contributed by atoms with Gasteiger partial charge < -0.3 is 14.8 Å². The van der Waals surface area contributed by atoms with E-state index >= 15 is 0 Å². The minimum Gasteiger partial charge on any atom is -0.497 e. The molecule has 0 bridgehead atoms. The lowest BCUT2D eigenvalue weighted by Crippen LogP contribution is -2.02. The summed E-state index contributed by atoms with van der Waals surface area (Å²) in [5, 5.41) is 3.39. The molecule has 0 aromatic heterocycles. The molecule has 2 rings (SSSR count). The number of anilines is 1. The first-order valence-corrected chi connectivity index (χ1v) is 6.41. The van der Waals surface area contributed by atoms with E-state index in [1.165, 1.54) is 6.07 Å². The second-order valence-corrected chi connectivity index (χ2v) is 4.64. The molecule has 0 saturated carbocycles. The van der Waals surface area contributed by atoms with Crippen LogP contribution in [0.4, 0.5) is 10.1 Å². The molecule has 20 heavy (non-hydrogen) atoms. The number of halogens is 2. The van der Waals surface area contributed by atoms with Crippen molar-refractivity contribution in [3.8, 4) is 11.5 Å². The molecule has 2 aromatic rings.